The van der Waals surface area contributed by atoms with Crippen LogP contribution in [-0.2, 0) is 19.5 Å². The van der Waals surface area contributed by atoms with Crippen molar-refractivity contribution < 1.29 is 0 Å². The van der Waals surface area contributed by atoms with E-state index in [1.165, 1.54) is 22.2 Å². The van der Waals surface area contributed by atoms with Gasteiger partial charge in [0.2, 0.25) is 0 Å². The van der Waals surface area contributed by atoms with Crippen molar-refractivity contribution in [2.24, 2.45) is 0 Å². The second-order valence-electron chi connectivity index (χ2n) is 6.82. The molecule has 3 heterocycles. The molecule has 0 amide bonds. The van der Waals surface area contributed by atoms with E-state index in [2.05, 4.69) is 34.9 Å². The predicted molar refractivity (Wildman–Crippen MR) is 97.2 cm³/mol. The Kier molecular flexibility index (Phi) is 4.02. The van der Waals surface area contributed by atoms with E-state index in [0.29, 0.717) is 5.92 Å². The number of halogens is 1. The Labute approximate surface area is 146 Å². The van der Waals surface area contributed by atoms with Crippen molar-refractivity contribution in [3.05, 3.63) is 58.3 Å². The lowest BCUT2D eigenvalue weighted by molar-refractivity contribution is 0.243. The van der Waals surface area contributed by atoms with Gasteiger partial charge >= 0.3 is 0 Å². The number of nitrogens with one attached hydrogen (secondary N) is 1. The van der Waals surface area contributed by atoms with Crippen molar-refractivity contribution in [1.82, 2.24) is 19.9 Å². The van der Waals surface area contributed by atoms with Crippen LogP contribution in [0, 0.1) is 0 Å². The second-order valence-corrected chi connectivity index (χ2v) is 7.26. The molecule has 2 aromatic heterocycles. The van der Waals surface area contributed by atoms with Crippen molar-refractivity contribution in [3.63, 3.8) is 0 Å². The zero-order valence-electron chi connectivity index (χ0n) is 14.0. The Morgan fingerprint density at radius 3 is 3.04 bits per heavy atom. The quantitative estimate of drug-likeness (QED) is 0.773. The average Bonchev–Trinajstić information content (AvgIpc) is 2.96. The van der Waals surface area contributed by atoms with E-state index in [4.69, 9.17) is 16.6 Å². The van der Waals surface area contributed by atoms with E-state index < -0.39 is 0 Å². The Bertz CT molecular complexity index is 884. The number of aromatic nitrogens is 3. The molecule has 0 bridgehead atoms. The molecule has 0 aliphatic carbocycles. The summed E-state index contributed by atoms with van der Waals surface area (Å²) in [5.41, 5.74) is 4.89. The van der Waals surface area contributed by atoms with Gasteiger partial charge in [0.25, 0.3) is 0 Å². The molecule has 0 unspecified atom stereocenters. The van der Waals surface area contributed by atoms with Gasteiger partial charge in [0.05, 0.1) is 0 Å². The van der Waals surface area contributed by atoms with Gasteiger partial charge in [-0.2, -0.15) is 0 Å². The molecule has 124 valence electrons. The van der Waals surface area contributed by atoms with Gasteiger partial charge in [-0.05, 0) is 23.8 Å². The van der Waals surface area contributed by atoms with Crippen LogP contribution >= 0.6 is 11.6 Å². The minimum absolute atomic E-state index is 0.379. The van der Waals surface area contributed by atoms with Gasteiger partial charge in [0, 0.05) is 71.5 Å². The standard InChI is InChI=1S/C19H21ClN4/c1-12(2)19-22-9-14-11-24(6-5-17(14)23-19)10-13-8-21-18-4-3-15(20)7-16(13)18/h3-4,7-9,12,21H,5-6,10-11H2,1-2H3. The molecular weight excluding hydrogens is 320 g/mol. The molecule has 0 saturated heterocycles. The molecule has 24 heavy (non-hydrogen) atoms. The summed E-state index contributed by atoms with van der Waals surface area (Å²) >= 11 is 6.15. The van der Waals surface area contributed by atoms with Crippen LogP contribution in [0.4, 0.5) is 0 Å². The summed E-state index contributed by atoms with van der Waals surface area (Å²) in [6, 6.07) is 6.00. The van der Waals surface area contributed by atoms with Crippen LogP contribution in [0.1, 0.15) is 42.4 Å². The zero-order chi connectivity index (χ0) is 16.7. The molecule has 0 atom stereocenters. The molecule has 1 aliphatic rings. The number of nitrogens with zero attached hydrogens (tertiary/aromatic N) is 3. The minimum Gasteiger partial charge on any atom is -0.361 e. The van der Waals surface area contributed by atoms with E-state index in [0.717, 1.165) is 42.4 Å². The molecule has 0 radical (unpaired) electrons. The maximum Gasteiger partial charge on any atom is 0.131 e. The molecule has 1 aromatic carbocycles. The normalized spacial score (nSPS) is 15.2. The van der Waals surface area contributed by atoms with Gasteiger partial charge in [0.1, 0.15) is 5.82 Å². The molecule has 0 fully saturated rings. The first-order valence-electron chi connectivity index (χ1n) is 8.42. The van der Waals surface area contributed by atoms with Crippen molar-refractivity contribution in [2.45, 2.75) is 39.3 Å². The fourth-order valence-corrected chi connectivity index (χ4v) is 3.50. The Hall–Kier alpha value is -1.91. The van der Waals surface area contributed by atoms with E-state index >= 15 is 0 Å². The number of benzene rings is 1. The lowest BCUT2D eigenvalue weighted by atomic mass is 10.1. The highest BCUT2D eigenvalue weighted by molar-refractivity contribution is 6.31. The molecule has 0 spiro atoms. The lowest BCUT2D eigenvalue weighted by Crippen LogP contribution is -2.31. The maximum absolute atomic E-state index is 6.15. The molecular formula is C19H21ClN4. The number of hydrogen-bond acceptors (Lipinski definition) is 3. The molecule has 0 saturated carbocycles. The van der Waals surface area contributed by atoms with Gasteiger partial charge in [-0.15, -0.1) is 0 Å². The summed E-state index contributed by atoms with van der Waals surface area (Å²) < 4.78 is 0. The average molecular weight is 341 g/mol. The first-order valence-corrected chi connectivity index (χ1v) is 8.80. The fourth-order valence-electron chi connectivity index (χ4n) is 3.33. The van der Waals surface area contributed by atoms with Crippen LogP contribution in [0.15, 0.2) is 30.6 Å². The van der Waals surface area contributed by atoms with Crippen molar-refractivity contribution in [2.75, 3.05) is 6.54 Å². The fraction of sp³-hybridized carbons (Fsp3) is 0.368. The summed E-state index contributed by atoms with van der Waals surface area (Å²) in [6.45, 7) is 7.11. The van der Waals surface area contributed by atoms with Crippen molar-refractivity contribution in [1.29, 1.82) is 0 Å². The maximum atomic E-state index is 6.15. The van der Waals surface area contributed by atoms with Crippen LogP contribution in [0.2, 0.25) is 5.02 Å². The summed E-state index contributed by atoms with van der Waals surface area (Å²) in [4.78, 5) is 15.1. The van der Waals surface area contributed by atoms with E-state index in [1.54, 1.807) is 0 Å². The van der Waals surface area contributed by atoms with Crippen LogP contribution in [0.5, 0.6) is 0 Å². The Morgan fingerprint density at radius 2 is 2.21 bits per heavy atom. The van der Waals surface area contributed by atoms with Crippen LogP contribution in [0.3, 0.4) is 0 Å². The zero-order valence-corrected chi connectivity index (χ0v) is 14.8. The summed E-state index contributed by atoms with van der Waals surface area (Å²) in [5.74, 6) is 1.33. The molecule has 1 N–H and O–H groups in total. The van der Waals surface area contributed by atoms with E-state index in [-0.39, 0.29) is 0 Å². The molecule has 5 heteroatoms. The molecule has 3 aromatic rings. The number of rotatable bonds is 3. The number of aromatic amines is 1. The lowest BCUT2D eigenvalue weighted by Gasteiger charge is -2.28. The van der Waals surface area contributed by atoms with E-state index in [9.17, 15) is 0 Å². The largest absolute Gasteiger partial charge is 0.361 e. The van der Waals surface area contributed by atoms with Gasteiger partial charge in [0.15, 0.2) is 0 Å². The monoisotopic (exact) mass is 340 g/mol. The second kappa shape index (κ2) is 6.19. The third-order valence-electron chi connectivity index (χ3n) is 4.67. The first kappa shape index (κ1) is 15.6. The molecule has 1 aliphatic heterocycles. The predicted octanol–water partition coefficient (Wildman–Crippen LogP) is 4.29. The SMILES string of the molecule is CC(C)c1ncc2c(n1)CCN(Cc1c[nH]c3ccc(Cl)cc13)C2. The van der Waals surface area contributed by atoms with Gasteiger partial charge in [-0.25, -0.2) is 9.97 Å². The molecule has 4 rings (SSSR count). The topological polar surface area (TPSA) is 44.8 Å². The van der Waals surface area contributed by atoms with Crippen LogP contribution in [-0.4, -0.2) is 26.4 Å². The van der Waals surface area contributed by atoms with Gasteiger partial charge in [-0.1, -0.05) is 25.4 Å². The summed E-state index contributed by atoms with van der Waals surface area (Å²) in [7, 11) is 0. The highest BCUT2D eigenvalue weighted by atomic mass is 35.5. The third-order valence-corrected chi connectivity index (χ3v) is 4.91. The van der Waals surface area contributed by atoms with Crippen LogP contribution < -0.4 is 0 Å². The van der Waals surface area contributed by atoms with Crippen LogP contribution in [0.25, 0.3) is 10.9 Å². The number of H-pyrrole nitrogens is 1. The first-order chi connectivity index (χ1) is 11.6. The van der Waals surface area contributed by atoms with Crippen molar-refractivity contribution >= 4 is 22.5 Å². The Balaban J connectivity index is 1.55. The Morgan fingerprint density at radius 1 is 1.33 bits per heavy atom. The smallest absolute Gasteiger partial charge is 0.131 e. The third kappa shape index (κ3) is 2.92. The number of hydrogen-bond donors (Lipinski definition) is 1. The number of fused-ring (bicyclic) bond motifs is 2. The van der Waals surface area contributed by atoms with Crippen molar-refractivity contribution in [3.8, 4) is 0 Å². The summed E-state index contributed by atoms with van der Waals surface area (Å²) in [6.07, 6.45) is 5.09. The van der Waals surface area contributed by atoms with Gasteiger partial charge in [-0.3, -0.25) is 4.90 Å². The summed E-state index contributed by atoms with van der Waals surface area (Å²) in [5, 5.41) is 1.99. The highest BCUT2D eigenvalue weighted by Crippen LogP contribution is 2.26. The van der Waals surface area contributed by atoms with E-state index in [1.807, 2.05) is 24.4 Å². The molecule has 4 nitrogen and oxygen atoms in total. The van der Waals surface area contributed by atoms with Gasteiger partial charge < -0.3 is 4.98 Å². The highest BCUT2D eigenvalue weighted by Gasteiger charge is 2.20. The minimum atomic E-state index is 0.379.